The zero-order chi connectivity index (χ0) is 25.6. The van der Waals surface area contributed by atoms with E-state index in [0.29, 0.717) is 12.3 Å². The van der Waals surface area contributed by atoms with E-state index in [2.05, 4.69) is 112 Å². The predicted molar refractivity (Wildman–Crippen MR) is 143 cm³/mol. The van der Waals surface area contributed by atoms with Gasteiger partial charge in [0, 0.05) is 0 Å². The van der Waals surface area contributed by atoms with Gasteiger partial charge in [0.1, 0.15) is 0 Å². The van der Waals surface area contributed by atoms with E-state index < -0.39 is 31.0 Å². The molecule has 1 aliphatic heterocycles. The molecule has 0 saturated carbocycles. The Morgan fingerprint density at radius 1 is 0.750 bits per heavy atom. The molecule has 0 amide bonds. The zero-order valence-electron chi connectivity index (χ0n) is 23.3. The third-order valence-electron chi connectivity index (χ3n) is 7.62. The van der Waals surface area contributed by atoms with Crippen molar-refractivity contribution in [2.24, 2.45) is 9.98 Å². The van der Waals surface area contributed by atoms with Crippen molar-refractivity contribution in [3.05, 3.63) is 0 Å². The maximum absolute atomic E-state index is 13.2. The average molecular weight is 501 g/mol. The summed E-state index contributed by atoms with van der Waals surface area (Å²) in [6.45, 7) is 32.2. The Kier molecular flexibility index (Phi) is 8.20. The molecule has 9 heteroatoms. The zero-order valence-corrected chi connectivity index (χ0v) is 26.3. The first kappa shape index (κ1) is 29.1. The van der Waals surface area contributed by atoms with E-state index in [4.69, 9.17) is 13.3 Å². The highest BCUT2D eigenvalue weighted by atomic mass is 28.4. The number of rotatable bonds is 4. The quantitative estimate of drug-likeness (QED) is 0.386. The monoisotopic (exact) mass is 500 g/mol. The fourth-order valence-electron chi connectivity index (χ4n) is 2.08. The van der Waals surface area contributed by atoms with Crippen LogP contribution in [0.1, 0.15) is 68.7 Å². The minimum absolute atomic E-state index is 0.0138. The largest absolute Gasteiger partial charge is 0.533 e. The van der Waals surface area contributed by atoms with Crippen LogP contribution in [-0.2, 0) is 18.1 Å². The molecule has 1 aliphatic rings. The number of nitrogens with zero attached hydrogens (tertiary/aromatic N) is 2. The van der Waals surface area contributed by atoms with Crippen molar-refractivity contribution in [3.63, 3.8) is 0 Å². The predicted octanol–water partition coefficient (Wildman–Crippen LogP) is 7.11. The molecular formula is C23H48N2O4Si3. The molecule has 0 aromatic rings. The van der Waals surface area contributed by atoms with Crippen LogP contribution in [-0.4, -0.2) is 48.9 Å². The van der Waals surface area contributed by atoms with Crippen molar-refractivity contribution in [1.29, 1.82) is 0 Å². The van der Waals surface area contributed by atoms with E-state index >= 15 is 0 Å². The molecule has 0 fully saturated rings. The van der Waals surface area contributed by atoms with Gasteiger partial charge >= 0.3 is 12.0 Å². The third kappa shape index (κ3) is 7.03. The molecule has 0 bridgehead atoms. The molecule has 0 aliphatic carbocycles. The molecule has 0 radical (unpaired) electrons. The van der Waals surface area contributed by atoms with Crippen LogP contribution in [0.5, 0.6) is 0 Å². The number of carbonyl (C=O) groups excluding carboxylic acids is 1. The minimum Gasteiger partial charge on any atom is -0.533 e. The smallest absolute Gasteiger partial charge is 0.318 e. The van der Waals surface area contributed by atoms with Gasteiger partial charge in [0.15, 0.2) is 11.9 Å². The van der Waals surface area contributed by atoms with Gasteiger partial charge in [0.25, 0.3) is 25.0 Å². The lowest BCUT2D eigenvalue weighted by molar-refractivity contribution is -0.136. The van der Waals surface area contributed by atoms with E-state index in [-0.39, 0.29) is 27.1 Å². The van der Waals surface area contributed by atoms with Crippen molar-refractivity contribution in [2.75, 3.05) is 0 Å². The first-order valence-corrected chi connectivity index (χ1v) is 20.4. The van der Waals surface area contributed by atoms with E-state index in [1.165, 1.54) is 0 Å². The Labute approximate surface area is 200 Å². The molecule has 1 rings (SSSR count). The van der Waals surface area contributed by atoms with Gasteiger partial charge in [0.05, 0.1) is 6.42 Å². The summed E-state index contributed by atoms with van der Waals surface area (Å²) in [4.78, 5) is 22.5. The fourth-order valence-corrected chi connectivity index (χ4v) is 4.91. The second-order valence-corrected chi connectivity index (χ2v) is 27.7. The standard InChI is InChI=1S/C23H48N2O4Si3/c1-21(2,3)30(10,11)27-18-16-17(19(26)28-31(12,13)22(4,5)6)24-20(25-18)29-32(14,15)23(7,8)9/h17H,16H2,1-15H3. The average Bonchev–Trinajstić information content (AvgIpc) is 2.49. The summed E-state index contributed by atoms with van der Waals surface area (Å²) >= 11 is 0. The van der Waals surface area contributed by atoms with Gasteiger partial charge in [0.2, 0.25) is 0 Å². The lowest BCUT2D eigenvalue weighted by Gasteiger charge is -2.39. The Bertz CT molecular complexity index is 768. The highest BCUT2D eigenvalue weighted by molar-refractivity contribution is 6.76. The van der Waals surface area contributed by atoms with Gasteiger partial charge < -0.3 is 13.3 Å². The van der Waals surface area contributed by atoms with Crippen molar-refractivity contribution in [3.8, 4) is 0 Å². The minimum atomic E-state index is -2.27. The molecule has 186 valence electrons. The maximum Gasteiger partial charge on any atom is 0.318 e. The highest BCUT2D eigenvalue weighted by Crippen LogP contribution is 2.40. The van der Waals surface area contributed by atoms with Crippen LogP contribution in [0.15, 0.2) is 9.98 Å². The molecule has 0 aromatic heterocycles. The first-order valence-electron chi connectivity index (χ1n) is 11.7. The first-order chi connectivity index (χ1) is 13.9. The summed E-state index contributed by atoms with van der Waals surface area (Å²) < 4.78 is 19.0. The molecule has 1 atom stereocenters. The Morgan fingerprint density at radius 3 is 1.56 bits per heavy atom. The molecule has 1 unspecified atom stereocenters. The van der Waals surface area contributed by atoms with Gasteiger partial charge in [-0.1, -0.05) is 62.3 Å². The molecule has 1 heterocycles. The lowest BCUT2D eigenvalue weighted by atomic mass is 10.2. The van der Waals surface area contributed by atoms with Crippen LogP contribution in [0, 0.1) is 0 Å². The van der Waals surface area contributed by atoms with Crippen molar-refractivity contribution < 1.29 is 18.1 Å². The van der Waals surface area contributed by atoms with Crippen LogP contribution in [0.25, 0.3) is 0 Å². The molecule has 0 N–H and O–H groups in total. The van der Waals surface area contributed by atoms with Crippen molar-refractivity contribution in [1.82, 2.24) is 0 Å². The van der Waals surface area contributed by atoms with Crippen LogP contribution in [0.2, 0.25) is 54.4 Å². The number of aliphatic imine (C=N–C) groups is 2. The summed E-state index contributed by atoms with van der Waals surface area (Å²) in [6.07, 6.45) is 0.310. The molecule has 0 saturated heterocycles. The second-order valence-electron chi connectivity index (χ2n) is 13.5. The van der Waals surface area contributed by atoms with Crippen LogP contribution in [0.4, 0.5) is 0 Å². The van der Waals surface area contributed by atoms with Gasteiger partial charge in [-0.15, -0.1) is 0 Å². The van der Waals surface area contributed by atoms with Gasteiger partial charge in [-0.2, -0.15) is 4.99 Å². The van der Waals surface area contributed by atoms with E-state index in [1.807, 2.05) is 0 Å². The highest BCUT2D eigenvalue weighted by Gasteiger charge is 2.45. The normalized spacial score (nSPS) is 19.2. The molecule has 32 heavy (non-hydrogen) atoms. The topological polar surface area (TPSA) is 69.5 Å². The van der Waals surface area contributed by atoms with Gasteiger partial charge in [-0.25, -0.2) is 4.99 Å². The van der Waals surface area contributed by atoms with Gasteiger partial charge in [-0.05, 0) is 54.4 Å². The fraction of sp³-hybridized carbons (Fsp3) is 0.870. The SMILES string of the molecule is CC(C)(C)[Si](C)(C)OC(=O)C1CC(O[Si](C)(C)C(C)(C)C)=NC(O[Si](C)(C)C(C)(C)C)=N1. The Hall–Kier alpha value is -0.939. The summed E-state index contributed by atoms with van der Waals surface area (Å²) in [5, 5.41) is -0.0716. The number of amidine groups is 1. The molecule has 6 nitrogen and oxygen atoms in total. The number of hydrogen-bond acceptors (Lipinski definition) is 6. The van der Waals surface area contributed by atoms with E-state index in [0.717, 1.165) is 0 Å². The molecule has 0 spiro atoms. The van der Waals surface area contributed by atoms with Gasteiger partial charge in [-0.3, -0.25) is 4.79 Å². The van der Waals surface area contributed by atoms with E-state index in [1.54, 1.807) is 0 Å². The van der Waals surface area contributed by atoms with Crippen LogP contribution >= 0.6 is 0 Å². The number of carbonyl (C=O) groups is 1. The summed E-state index contributed by atoms with van der Waals surface area (Å²) in [5.74, 6) is 0.233. The summed E-state index contributed by atoms with van der Waals surface area (Å²) in [7, 11) is -6.59. The Balaban J connectivity index is 3.31. The molecule has 0 aromatic carbocycles. The van der Waals surface area contributed by atoms with Crippen molar-refractivity contribution in [2.45, 2.75) is 129 Å². The maximum atomic E-state index is 13.2. The van der Waals surface area contributed by atoms with E-state index in [9.17, 15) is 4.79 Å². The van der Waals surface area contributed by atoms with Crippen LogP contribution in [0.3, 0.4) is 0 Å². The lowest BCUT2D eigenvalue weighted by Crippen LogP contribution is -2.48. The molecular weight excluding hydrogens is 453 g/mol. The van der Waals surface area contributed by atoms with Crippen molar-refractivity contribution >= 4 is 42.8 Å². The third-order valence-corrected chi connectivity index (χ3v) is 20.6. The Morgan fingerprint density at radius 2 is 1.16 bits per heavy atom. The summed E-state index contributed by atoms with van der Waals surface area (Å²) in [5.41, 5.74) is 0. The van der Waals surface area contributed by atoms with Crippen LogP contribution < -0.4 is 0 Å². The second kappa shape index (κ2) is 9.02. The number of hydrogen-bond donors (Lipinski definition) is 0. The summed E-state index contributed by atoms with van der Waals surface area (Å²) in [6, 6.07) is -0.435.